The van der Waals surface area contributed by atoms with E-state index in [0.29, 0.717) is 5.56 Å². The van der Waals surface area contributed by atoms with Crippen LogP contribution in [0.3, 0.4) is 0 Å². The molecule has 0 atom stereocenters. The summed E-state index contributed by atoms with van der Waals surface area (Å²) in [5.74, 6) is 0. The quantitative estimate of drug-likeness (QED) is 0.695. The summed E-state index contributed by atoms with van der Waals surface area (Å²) in [6.45, 7) is 1.63. The Bertz CT molecular complexity index is 470. The van der Waals surface area contributed by atoms with E-state index in [1.807, 2.05) is 0 Å². The Labute approximate surface area is 77.8 Å². The Morgan fingerprint density at radius 1 is 1.36 bits per heavy atom. The van der Waals surface area contributed by atoms with Gasteiger partial charge in [0, 0.05) is 11.6 Å². The van der Waals surface area contributed by atoms with Crippen LogP contribution in [-0.4, -0.2) is 9.97 Å². The van der Waals surface area contributed by atoms with Gasteiger partial charge in [0.05, 0.1) is 0 Å². The summed E-state index contributed by atoms with van der Waals surface area (Å²) in [5.41, 5.74) is -0.00847. The number of hydrogen-bond donors (Lipinski definition) is 1. The minimum atomic E-state index is -4.38. The summed E-state index contributed by atoms with van der Waals surface area (Å²) < 4.78 is 37.0. The summed E-state index contributed by atoms with van der Waals surface area (Å²) >= 11 is 0. The molecule has 0 saturated heterocycles. The number of hydrogen-bond acceptors (Lipinski definition) is 1. The molecule has 5 heteroatoms. The van der Waals surface area contributed by atoms with Crippen LogP contribution in [0.2, 0.25) is 0 Å². The van der Waals surface area contributed by atoms with Crippen molar-refractivity contribution in [2.45, 2.75) is 13.1 Å². The monoisotopic (exact) mass is 200 g/mol. The fourth-order valence-corrected chi connectivity index (χ4v) is 1.35. The number of rotatable bonds is 0. The topological polar surface area (TPSA) is 28.7 Å². The smallest absolute Gasteiger partial charge is 0.346 e. The lowest BCUT2D eigenvalue weighted by molar-refractivity contribution is -0.141. The minimum absolute atomic E-state index is 0.275. The highest BCUT2D eigenvalue weighted by Crippen LogP contribution is 2.30. The molecule has 1 N–H and O–H groups in total. The van der Waals surface area contributed by atoms with Gasteiger partial charge in [-0.05, 0) is 24.6 Å². The number of alkyl halides is 3. The third-order valence-corrected chi connectivity index (χ3v) is 2.03. The van der Waals surface area contributed by atoms with Crippen LogP contribution in [-0.2, 0) is 6.18 Å². The molecule has 0 saturated carbocycles. The molecule has 0 aromatic carbocycles. The van der Waals surface area contributed by atoms with E-state index in [-0.39, 0.29) is 5.65 Å². The molecule has 74 valence electrons. The number of aromatic nitrogens is 2. The van der Waals surface area contributed by atoms with Gasteiger partial charge in [-0.15, -0.1) is 0 Å². The van der Waals surface area contributed by atoms with E-state index in [0.717, 1.165) is 11.5 Å². The zero-order chi connectivity index (χ0) is 10.3. The van der Waals surface area contributed by atoms with Crippen molar-refractivity contribution < 1.29 is 13.2 Å². The van der Waals surface area contributed by atoms with Gasteiger partial charge in [-0.1, -0.05) is 0 Å². The van der Waals surface area contributed by atoms with Gasteiger partial charge in [0.1, 0.15) is 11.3 Å². The number of nitrogens with zero attached hydrogens (tertiary/aromatic N) is 1. The van der Waals surface area contributed by atoms with Gasteiger partial charge in [-0.3, -0.25) is 0 Å². The average molecular weight is 200 g/mol. The Balaban J connectivity index is 2.70. The molecule has 0 aliphatic carbocycles. The fourth-order valence-electron chi connectivity index (χ4n) is 1.35. The first-order chi connectivity index (χ1) is 6.48. The maximum atomic E-state index is 12.3. The van der Waals surface area contributed by atoms with Crippen molar-refractivity contribution in [3.63, 3.8) is 0 Å². The molecule has 0 fully saturated rings. The lowest BCUT2D eigenvalue weighted by Gasteiger charge is -2.06. The number of aromatic amines is 1. The molecular weight excluding hydrogens is 193 g/mol. The van der Waals surface area contributed by atoms with Crippen molar-refractivity contribution in [3.05, 3.63) is 29.6 Å². The van der Waals surface area contributed by atoms with Crippen LogP contribution in [0.5, 0.6) is 0 Å². The number of fused-ring (bicyclic) bond motifs is 1. The normalized spacial score (nSPS) is 12.3. The SMILES string of the molecule is Cc1cc(C(F)(F)F)nc2[nH]ccc12. The molecule has 0 aliphatic heterocycles. The van der Waals surface area contributed by atoms with Crippen LogP contribution in [0.4, 0.5) is 13.2 Å². The zero-order valence-corrected chi connectivity index (χ0v) is 7.31. The van der Waals surface area contributed by atoms with Gasteiger partial charge in [0.2, 0.25) is 0 Å². The molecule has 0 radical (unpaired) electrons. The third kappa shape index (κ3) is 1.34. The molecule has 0 aliphatic rings. The van der Waals surface area contributed by atoms with Crippen LogP contribution in [0.15, 0.2) is 18.3 Å². The van der Waals surface area contributed by atoms with Crippen molar-refractivity contribution in [3.8, 4) is 0 Å². The van der Waals surface area contributed by atoms with Crippen LogP contribution in [0.1, 0.15) is 11.3 Å². The third-order valence-electron chi connectivity index (χ3n) is 2.03. The van der Waals surface area contributed by atoms with Crippen molar-refractivity contribution in [2.75, 3.05) is 0 Å². The molecule has 0 amide bonds. The molecule has 0 bridgehead atoms. The van der Waals surface area contributed by atoms with Crippen molar-refractivity contribution in [2.24, 2.45) is 0 Å². The van der Waals surface area contributed by atoms with E-state index in [1.54, 1.807) is 19.2 Å². The van der Waals surface area contributed by atoms with Gasteiger partial charge >= 0.3 is 6.18 Å². The first kappa shape index (κ1) is 9.05. The zero-order valence-electron chi connectivity index (χ0n) is 7.31. The molecule has 2 rings (SSSR count). The highest BCUT2D eigenvalue weighted by atomic mass is 19.4. The van der Waals surface area contributed by atoms with E-state index < -0.39 is 11.9 Å². The lowest BCUT2D eigenvalue weighted by Crippen LogP contribution is -2.08. The maximum absolute atomic E-state index is 12.3. The Hall–Kier alpha value is -1.52. The fraction of sp³-hybridized carbons (Fsp3) is 0.222. The molecule has 2 aromatic heterocycles. The first-order valence-electron chi connectivity index (χ1n) is 4.00. The second kappa shape index (κ2) is 2.73. The average Bonchev–Trinajstić information content (AvgIpc) is 2.50. The van der Waals surface area contributed by atoms with E-state index in [2.05, 4.69) is 9.97 Å². The standard InChI is InChI=1S/C9H7F3N2/c1-5-4-7(9(10,11)12)14-8-6(5)2-3-13-8/h2-4H,1H3,(H,13,14). The van der Waals surface area contributed by atoms with Crippen LogP contribution in [0.25, 0.3) is 11.0 Å². The largest absolute Gasteiger partial charge is 0.433 e. The summed E-state index contributed by atoms with van der Waals surface area (Å²) in [6.07, 6.45) is -2.81. The van der Waals surface area contributed by atoms with Crippen LogP contribution < -0.4 is 0 Å². The van der Waals surface area contributed by atoms with Crippen molar-refractivity contribution in [1.29, 1.82) is 0 Å². The second-order valence-electron chi connectivity index (χ2n) is 3.06. The van der Waals surface area contributed by atoms with Crippen LogP contribution >= 0.6 is 0 Å². The number of H-pyrrole nitrogens is 1. The first-order valence-corrected chi connectivity index (χ1v) is 4.00. The molecular formula is C9H7F3N2. The van der Waals surface area contributed by atoms with Gasteiger partial charge in [0.15, 0.2) is 0 Å². The Morgan fingerprint density at radius 3 is 2.71 bits per heavy atom. The molecule has 0 spiro atoms. The summed E-state index contributed by atoms with van der Waals surface area (Å²) in [6, 6.07) is 2.76. The van der Waals surface area contributed by atoms with Gasteiger partial charge in [0.25, 0.3) is 0 Å². The summed E-state index contributed by atoms with van der Waals surface area (Å²) in [7, 11) is 0. The van der Waals surface area contributed by atoms with Gasteiger partial charge in [-0.25, -0.2) is 4.98 Å². The molecule has 0 unspecified atom stereocenters. The molecule has 14 heavy (non-hydrogen) atoms. The predicted molar refractivity (Wildman–Crippen MR) is 45.8 cm³/mol. The Kier molecular flexibility index (Phi) is 1.77. The Morgan fingerprint density at radius 2 is 2.07 bits per heavy atom. The number of aryl methyl sites for hydroxylation is 1. The van der Waals surface area contributed by atoms with E-state index in [4.69, 9.17) is 0 Å². The second-order valence-corrected chi connectivity index (χ2v) is 3.06. The summed E-state index contributed by atoms with van der Waals surface area (Å²) in [4.78, 5) is 6.15. The number of nitrogens with one attached hydrogen (secondary N) is 1. The number of pyridine rings is 1. The maximum Gasteiger partial charge on any atom is 0.433 e. The van der Waals surface area contributed by atoms with Gasteiger partial charge in [-0.2, -0.15) is 13.2 Å². The van der Waals surface area contributed by atoms with E-state index >= 15 is 0 Å². The minimum Gasteiger partial charge on any atom is -0.346 e. The van der Waals surface area contributed by atoms with E-state index in [1.165, 1.54) is 0 Å². The number of halogens is 3. The molecule has 2 heterocycles. The molecule has 2 aromatic rings. The molecule has 2 nitrogen and oxygen atoms in total. The van der Waals surface area contributed by atoms with Crippen LogP contribution in [0, 0.1) is 6.92 Å². The highest BCUT2D eigenvalue weighted by molar-refractivity contribution is 5.79. The summed E-state index contributed by atoms with van der Waals surface area (Å²) in [5, 5.41) is 0.720. The van der Waals surface area contributed by atoms with Crippen molar-refractivity contribution in [1.82, 2.24) is 9.97 Å². The highest BCUT2D eigenvalue weighted by Gasteiger charge is 2.33. The van der Waals surface area contributed by atoms with E-state index in [9.17, 15) is 13.2 Å². The lowest BCUT2D eigenvalue weighted by atomic mass is 10.2. The predicted octanol–water partition coefficient (Wildman–Crippen LogP) is 2.89. The van der Waals surface area contributed by atoms with Crippen molar-refractivity contribution >= 4 is 11.0 Å². The van der Waals surface area contributed by atoms with Gasteiger partial charge < -0.3 is 4.98 Å².